The third kappa shape index (κ3) is 4.92. The Kier molecular flexibility index (Phi) is 7.72. The van der Waals surface area contributed by atoms with E-state index in [4.69, 9.17) is 25.8 Å². The summed E-state index contributed by atoms with van der Waals surface area (Å²) in [6.07, 6.45) is -0.0244. The van der Waals surface area contributed by atoms with E-state index in [9.17, 15) is 14.7 Å². The number of benzene rings is 3. The molecule has 2 N–H and O–H groups in total. The van der Waals surface area contributed by atoms with Crippen molar-refractivity contribution in [3.8, 4) is 5.75 Å². The first-order valence-corrected chi connectivity index (χ1v) is 13.1. The number of rotatable bonds is 9. The van der Waals surface area contributed by atoms with Crippen LogP contribution in [0.15, 0.2) is 107 Å². The van der Waals surface area contributed by atoms with E-state index >= 15 is 0 Å². The molecule has 3 atom stereocenters. The highest BCUT2D eigenvalue weighted by molar-refractivity contribution is 6.18. The minimum atomic E-state index is -1.33. The highest BCUT2D eigenvalue weighted by Gasteiger charge is 2.54. The van der Waals surface area contributed by atoms with Crippen molar-refractivity contribution < 1.29 is 19.3 Å². The summed E-state index contributed by atoms with van der Waals surface area (Å²) in [4.78, 5) is 26.5. The Morgan fingerprint density at radius 2 is 1.56 bits per heavy atom. The number of alkyl halides is 1. The van der Waals surface area contributed by atoms with Crippen molar-refractivity contribution in [1.82, 2.24) is 9.55 Å². The Bertz CT molecular complexity index is 1460. The zero-order chi connectivity index (χ0) is 27.5. The van der Waals surface area contributed by atoms with Gasteiger partial charge in [-0.15, -0.1) is 11.6 Å². The number of nitrogens with one attached hydrogen (secondary N) is 1. The molecule has 0 unspecified atom stereocenters. The van der Waals surface area contributed by atoms with Gasteiger partial charge in [-0.05, 0) is 28.8 Å². The Morgan fingerprint density at radius 3 is 2.08 bits per heavy atom. The van der Waals surface area contributed by atoms with E-state index in [0.29, 0.717) is 5.75 Å². The molecule has 1 saturated heterocycles. The SMILES string of the molecule is COc1ccc(C(O[C@@H]2C[C@H](n3ccc(=O)[nH]c3=O)O[C@@]2(CO)CCl)(c2ccccc2)c2ccccc2)cc1. The molecule has 1 fully saturated rings. The summed E-state index contributed by atoms with van der Waals surface area (Å²) in [7, 11) is 1.61. The zero-order valence-corrected chi connectivity index (χ0v) is 22.1. The van der Waals surface area contributed by atoms with Crippen LogP contribution in [0.5, 0.6) is 5.75 Å². The van der Waals surface area contributed by atoms with Crippen LogP contribution < -0.4 is 16.0 Å². The van der Waals surface area contributed by atoms with E-state index in [2.05, 4.69) is 4.98 Å². The van der Waals surface area contributed by atoms with Gasteiger partial charge in [0.2, 0.25) is 0 Å². The Labute approximate surface area is 230 Å². The van der Waals surface area contributed by atoms with Crippen LogP contribution in [-0.4, -0.2) is 46.0 Å². The topological polar surface area (TPSA) is 103 Å². The molecule has 4 aromatic rings. The highest BCUT2D eigenvalue weighted by atomic mass is 35.5. The van der Waals surface area contributed by atoms with Gasteiger partial charge in [0.1, 0.15) is 23.2 Å². The van der Waals surface area contributed by atoms with Crippen LogP contribution in [0.25, 0.3) is 0 Å². The molecule has 0 aliphatic carbocycles. The predicted octanol–water partition coefficient (Wildman–Crippen LogP) is 3.81. The van der Waals surface area contributed by atoms with Gasteiger partial charge in [-0.2, -0.15) is 0 Å². The first-order valence-electron chi connectivity index (χ1n) is 12.6. The fraction of sp³-hybridized carbons (Fsp3) is 0.267. The van der Waals surface area contributed by atoms with Gasteiger partial charge in [0.15, 0.2) is 0 Å². The monoisotopic (exact) mass is 548 g/mol. The number of H-pyrrole nitrogens is 1. The van der Waals surface area contributed by atoms with E-state index in [0.717, 1.165) is 16.7 Å². The molecule has 1 aliphatic heterocycles. The van der Waals surface area contributed by atoms with Crippen LogP contribution in [0.4, 0.5) is 0 Å². The molecule has 1 aliphatic rings. The summed E-state index contributed by atoms with van der Waals surface area (Å²) in [5.41, 5.74) is -1.07. The van der Waals surface area contributed by atoms with Crippen LogP contribution in [0.2, 0.25) is 0 Å². The normalized spacial score (nSPS) is 21.1. The second-order valence-corrected chi connectivity index (χ2v) is 9.70. The van der Waals surface area contributed by atoms with Gasteiger partial charge in [-0.3, -0.25) is 14.3 Å². The summed E-state index contributed by atoms with van der Waals surface area (Å²) in [6.45, 7) is -0.446. The first kappa shape index (κ1) is 26.9. The van der Waals surface area contributed by atoms with Crippen LogP contribution in [0, 0.1) is 0 Å². The average molecular weight is 549 g/mol. The number of aromatic nitrogens is 2. The smallest absolute Gasteiger partial charge is 0.330 e. The molecule has 0 radical (unpaired) electrons. The fourth-order valence-corrected chi connectivity index (χ4v) is 5.48. The van der Waals surface area contributed by atoms with Gasteiger partial charge in [0.05, 0.1) is 25.7 Å². The maximum atomic E-state index is 12.6. The van der Waals surface area contributed by atoms with Gasteiger partial charge in [-0.1, -0.05) is 72.8 Å². The number of hydrogen-bond donors (Lipinski definition) is 2. The lowest BCUT2D eigenvalue weighted by Crippen LogP contribution is -2.50. The average Bonchev–Trinajstić information content (AvgIpc) is 3.35. The van der Waals surface area contributed by atoms with E-state index in [1.807, 2.05) is 84.9 Å². The van der Waals surface area contributed by atoms with E-state index in [1.54, 1.807) is 7.11 Å². The summed E-state index contributed by atoms with van der Waals surface area (Å²) in [5.74, 6) is 0.603. The van der Waals surface area contributed by atoms with Crippen molar-refractivity contribution in [2.24, 2.45) is 0 Å². The van der Waals surface area contributed by atoms with Crippen molar-refractivity contribution in [2.45, 2.75) is 30.0 Å². The van der Waals surface area contributed by atoms with Gasteiger partial charge in [0.25, 0.3) is 5.56 Å². The molecule has 0 spiro atoms. The summed E-state index contributed by atoms with van der Waals surface area (Å²) in [6, 6.07) is 28.4. The van der Waals surface area contributed by atoms with Gasteiger partial charge >= 0.3 is 5.69 Å². The number of ether oxygens (including phenoxy) is 3. The van der Waals surface area contributed by atoms with Gasteiger partial charge in [-0.25, -0.2) is 4.79 Å². The van der Waals surface area contributed by atoms with E-state index in [-0.39, 0.29) is 12.3 Å². The molecule has 39 heavy (non-hydrogen) atoms. The summed E-state index contributed by atoms with van der Waals surface area (Å²) in [5, 5.41) is 10.6. The highest BCUT2D eigenvalue weighted by Crippen LogP contribution is 2.48. The summed E-state index contributed by atoms with van der Waals surface area (Å²) < 4.78 is 20.1. The van der Waals surface area contributed by atoms with Crippen LogP contribution in [0.1, 0.15) is 29.3 Å². The third-order valence-electron chi connectivity index (χ3n) is 7.20. The Hall–Kier alpha value is -3.69. The van der Waals surface area contributed by atoms with E-state index in [1.165, 1.54) is 16.8 Å². The van der Waals surface area contributed by atoms with Crippen molar-refractivity contribution in [3.05, 3.63) is 135 Å². The first-order chi connectivity index (χ1) is 19.0. The van der Waals surface area contributed by atoms with Gasteiger partial charge in [0, 0.05) is 18.7 Å². The third-order valence-corrected chi connectivity index (χ3v) is 7.66. The Morgan fingerprint density at radius 1 is 0.974 bits per heavy atom. The van der Waals surface area contributed by atoms with Gasteiger partial charge < -0.3 is 19.3 Å². The number of nitrogens with zero attached hydrogens (tertiary/aromatic N) is 1. The number of aromatic amines is 1. The number of hydrogen-bond acceptors (Lipinski definition) is 6. The number of halogens is 1. The largest absolute Gasteiger partial charge is 0.497 e. The van der Waals surface area contributed by atoms with Crippen LogP contribution in [0.3, 0.4) is 0 Å². The maximum absolute atomic E-state index is 12.6. The molecule has 0 saturated carbocycles. The van der Waals surface area contributed by atoms with Crippen molar-refractivity contribution in [2.75, 3.05) is 19.6 Å². The molecule has 0 amide bonds. The fourth-order valence-electron chi connectivity index (χ4n) is 5.16. The van der Waals surface area contributed by atoms with Crippen molar-refractivity contribution in [3.63, 3.8) is 0 Å². The maximum Gasteiger partial charge on any atom is 0.330 e. The molecule has 0 bridgehead atoms. The quantitative estimate of drug-likeness (QED) is 0.243. The lowest BCUT2D eigenvalue weighted by atomic mass is 9.79. The molecular formula is C30H29ClN2O6. The predicted molar refractivity (Wildman–Crippen MR) is 147 cm³/mol. The molecule has 1 aromatic heterocycles. The van der Waals surface area contributed by atoms with E-state index < -0.39 is 41.4 Å². The number of aliphatic hydroxyl groups is 1. The van der Waals surface area contributed by atoms with Crippen LogP contribution >= 0.6 is 11.6 Å². The number of methoxy groups -OCH3 is 1. The van der Waals surface area contributed by atoms with Crippen molar-refractivity contribution >= 4 is 11.6 Å². The molecule has 5 rings (SSSR count). The minimum absolute atomic E-state index is 0.0922. The second-order valence-electron chi connectivity index (χ2n) is 9.43. The summed E-state index contributed by atoms with van der Waals surface area (Å²) >= 11 is 6.46. The molecule has 3 aromatic carbocycles. The van der Waals surface area contributed by atoms with Crippen LogP contribution in [-0.2, 0) is 15.1 Å². The second kappa shape index (κ2) is 11.2. The molecule has 8 nitrogen and oxygen atoms in total. The lowest BCUT2D eigenvalue weighted by Gasteiger charge is -2.41. The minimum Gasteiger partial charge on any atom is -0.497 e. The number of aliphatic hydroxyl groups excluding tert-OH is 1. The van der Waals surface area contributed by atoms with Crippen molar-refractivity contribution in [1.29, 1.82) is 0 Å². The Balaban J connectivity index is 1.69. The molecular weight excluding hydrogens is 520 g/mol. The molecule has 2 heterocycles. The lowest BCUT2D eigenvalue weighted by molar-refractivity contribution is -0.152. The zero-order valence-electron chi connectivity index (χ0n) is 21.3. The molecule has 9 heteroatoms. The standard InChI is InChI=1S/C30H29ClN2O6/c1-37-24-14-12-23(13-15-24)30(21-8-4-2-5-9-21,22-10-6-3-7-11-22)38-25-18-27(39-29(25,19-31)20-34)33-17-16-26(35)32-28(33)36/h2-17,25,27,34H,18-20H2,1H3,(H,32,35,36)/t25-,27-,29-/m1/s1. The molecule has 202 valence electrons.